The fourth-order valence-corrected chi connectivity index (χ4v) is 2.90. The first-order chi connectivity index (χ1) is 13.5. The van der Waals surface area contributed by atoms with Crippen molar-refractivity contribution < 1.29 is 9.53 Å². The van der Waals surface area contributed by atoms with Crippen molar-refractivity contribution in [2.75, 3.05) is 11.9 Å². The molecule has 9 heteroatoms. The summed E-state index contributed by atoms with van der Waals surface area (Å²) in [7, 11) is 1.70. The smallest absolute Gasteiger partial charge is 0.413 e. The monoisotopic (exact) mass is 378 g/mol. The zero-order valence-electron chi connectivity index (χ0n) is 15.3. The van der Waals surface area contributed by atoms with Gasteiger partial charge in [-0.2, -0.15) is 5.10 Å². The van der Waals surface area contributed by atoms with E-state index < -0.39 is 6.09 Å². The minimum Gasteiger partial charge on any atom is -0.450 e. The summed E-state index contributed by atoms with van der Waals surface area (Å²) in [6, 6.07) is 9.02. The Labute approximate surface area is 159 Å². The molecule has 142 valence electrons. The standard InChI is InChI=1S/C19H18N6O3/c1-3-28-19(27)23-18-21-14-9-13(12-5-8-24(2)16(26)11-12)10-15(17(14)22-18)25-7-4-6-20-25/h4-11H,3H2,1-2H3,(H2,21,22,23,27). The summed E-state index contributed by atoms with van der Waals surface area (Å²) >= 11 is 0. The van der Waals surface area contributed by atoms with E-state index in [-0.39, 0.29) is 18.1 Å². The molecule has 1 amide bonds. The first-order valence-electron chi connectivity index (χ1n) is 8.70. The molecule has 4 aromatic rings. The van der Waals surface area contributed by atoms with Crippen molar-refractivity contribution in [2.24, 2.45) is 7.05 Å². The molecular weight excluding hydrogens is 360 g/mol. The number of hydrogen-bond acceptors (Lipinski definition) is 5. The number of aromatic amines is 1. The van der Waals surface area contributed by atoms with E-state index in [1.54, 1.807) is 49.4 Å². The number of anilines is 1. The summed E-state index contributed by atoms with van der Waals surface area (Å²) in [4.78, 5) is 31.3. The Hall–Kier alpha value is -3.88. The number of hydrogen-bond donors (Lipinski definition) is 2. The second kappa shape index (κ2) is 7.03. The summed E-state index contributed by atoms with van der Waals surface area (Å²) < 4.78 is 8.09. The fraction of sp³-hybridized carbons (Fsp3) is 0.158. The van der Waals surface area contributed by atoms with E-state index in [4.69, 9.17) is 4.74 Å². The normalized spacial score (nSPS) is 10.9. The average Bonchev–Trinajstić information content (AvgIpc) is 3.32. The van der Waals surface area contributed by atoms with Gasteiger partial charge in [-0.25, -0.2) is 14.5 Å². The highest BCUT2D eigenvalue weighted by Crippen LogP contribution is 2.29. The topological polar surface area (TPSA) is 107 Å². The fourth-order valence-electron chi connectivity index (χ4n) is 2.90. The number of pyridine rings is 1. The van der Waals surface area contributed by atoms with Gasteiger partial charge in [-0.1, -0.05) is 0 Å². The van der Waals surface area contributed by atoms with Crippen LogP contribution < -0.4 is 10.9 Å². The molecule has 4 rings (SSSR count). The van der Waals surface area contributed by atoms with Crippen LogP contribution in [0.5, 0.6) is 0 Å². The van der Waals surface area contributed by atoms with Crippen molar-refractivity contribution in [1.29, 1.82) is 0 Å². The molecule has 0 saturated heterocycles. The van der Waals surface area contributed by atoms with Gasteiger partial charge in [-0.05, 0) is 42.3 Å². The zero-order chi connectivity index (χ0) is 19.7. The molecule has 0 atom stereocenters. The van der Waals surface area contributed by atoms with Crippen LogP contribution in [0.1, 0.15) is 6.92 Å². The SMILES string of the molecule is CCOC(=O)Nc1nc2c(-n3cccn3)cc(-c3ccn(C)c(=O)c3)cc2[nH]1. The number of carbonyl (C=O) groups is 1. The predicted molar refractivity (Wildman–Crippen MR) is 105 cm³/mol. The maximum absolute atomic E-state index is 12.0. The van der Waals surface area contributed by atoms with Crippen LogP contribution in [0.25, 0.3) is 27.8 Å². The summed E-state index contributed by atoms with van der Waals surface area (Å²) in [5, 5.41) is 6.86. The van der Waals surface area contributed by atoms with Crippen LogP contribution in [0, 0.1) is 0 Å². The lowest BCUT2D eigenvalue weighted by Gasteiger charge is -2.08. The molecule has 0 saturated carbocycles. The Kier molecular flexibility index (Phi) is 4.40. The van der Waals surface area contributed by atoms with Gasteiger partial charge in [-0.15, -0.1) is 0 Å². The average molecular weight is 378 g/mol. The Bertz CT molecular complexity index is 1210. The maximum Gasteiger partial charge on any atom is 0.413 e. The lowest BCUT2D eigenvalue weighted by atomic mass is 10.1. The van der Waals surface area contributed by atoms with E-state index >= 15 is 0 Å². The number of fused-ring (bicyclic) bond motifs is 1. The van der Waals surface area contributed by atoms with Crippen LogP contribution >= 0.6 is 0 Å². The number of amides is 1. The number of aryl methyl sites for hydroxylation is 1. The molecule has 0 unspecified atom stereocenters. The largest absolute Gasteiger partial charge is 0.450 e. The van der Waals surface area contributed by atoms with Crippen LogP contribution in [0.15, 0.2) is 53.7 Å². The molecule has 9 nitrogen and oxygen atoms in total. The maximum atomic E-state index is 12.0. The Morgan fingerprint density at radius 2 is 2.11 bits per heavy atom. The number of carbonyl (C=O) groups excluding carboxylic acids is 1. The van der Waals surface area contributed by atoms with E-state index in [1.807, 2.05) is 18.2 Å². The molecule has 3 heterocycles. The van der Waals surface area contributed by atoms with Crippen LogP contribution in [-0.4, -0.2) is 37.0 Å². The van der Waals surface area contributed by atoms with Crippen LogP contribution in [0.4, 0.5) is 10.7 Å². The highest BCUT2D eigenvalue weighted by Gasteiger charge is 2.14. The third-order valence-corrected chi connectivity index (χ3v) is 4.25. The number of nitrogens with one attached hydrogen (secondary N) is 2. The van der Waals surface area contributed by atoms with Crippen molar-refractivity contribution in [1.82, 2.24) is 24.3 Å². The van der Waals surface area contributed by atoms with Crippen molar-refractivity contribution in [3.8, 4) is 16.8 Å². The lowest BCUT2D eigenvalue weighted by molar-refractivity contribution is 0.167. The van der Waals surface area contributed by atoms with E-state index in [1.165, 1.54) is 4.57 Å². The number of H-pyrrole nitrogens is 1. The van der Waals surface area contributed by atoms with Crippen molar-refractivity contribution >= 4 is 23.1 Å². The minimum absolute atomic E-state index is 0.104. The number of nitrogens with zero attached hydrogens (tertiary/aromatic N) is 4. The van der Waals surface area contributed by atoms with Gasteiger partial charge in [0.2, 0.25) is 5.95 Å². The quantitative estimate of drug-likeness (QED) is 0.568. The van der Waals surface area contributed by atoms with Gasteiger partial charge in [0.15, 0.2) is 0 Å². The summed E-state index contributed by atoms with van der Waals surface area (Å²) in [5.41, 5.74) is 3.52. The molecule has 3 aromatic heterocycles. The van der Waals surface area contributed by atoms with Gasteiger partial charge >= 0.3 is 6.09 Å². The summed E-state index contributed by atoms with van der Waals surface area (Å²) in [6.07, 6.45) is 4.60. The highest BCUT2D eigenvalue weighted by molar-refractivity contribution is 5.93. The van der Waals surface area contributed by atoms with Crippen LogP contribution in [0.3, 0.4) is 0 Å². The number of ether oxygens (including phenoxy) is 1. The van der Waals surface area contributed by atoms with Gasteiger partial charge in [0.1, 0.15) is 5.52 Å². The van der Waals surface area contributed by atoms with E-state index in [0.717, 1.165) is 11.1 Å². The molecule has 1 aromatic carbocycles. The number of rotatable bonds is 4. The Morgan fingerprint density at radius 1 is 1.25 bits per heavy atom. The molecule has 0 aliphatic rings. The third-order valence-electron chi connectivity index (χ3n) is 4.25. The second-order valence-corrected chi connectivity index (χ2v) is 6.14. The van der Waals surface area contributed by atoms with Crippen LogP contribution in [-0.2, 0) is 11.8 Å². The molecule has 0 bridgehead atoms. The molecule has 0 fully saturated rings. The zero-order valence-corrected chi connectivity index (χ0v) is 15.3. The minimum atomic E-state index is -0.589. The summed E-state index contributed by atoms with van der Waals surface area (Å²) in [5.74, 6) is 0.267. The molecule has 0 spiro atoms. The van der Waals surface area contributed by atoms with Crippen molar-refractivity contribution in [3.63, 3.8) is 0 Å². The highest BCUT2D eigenvalue weighted by atomic mass is 16.5. The van der Waals surface area contributed by atoms with Gasteiger partial charge in [0, 0.05) is 31.7 Å². The molecule has 0 radical (unpaired) electrons. The van der Waals surface area contributed by atoms with Gasteiger partial charge in [0.05, 0.1) is 17.8 Å². The Morgan fingerprint density at radius 3 is 2.82 bits per heavy atom. The summed E-state index contributed by atoms with van der Waals surface area (Å²) in [6.45, 7) is 1.99. The number of imidazole rings is 1. The van der Waals surface area contributed by atoms with Gasteiger partial charge < -0.3 is 14.3 Å². The van der Waals surface area contributed by atoms with Crippen molar-refractivity contribution in [2.45, 2.75) is 6.92 Å². The first-order valence-corrected chi connectivity index (χ1v) is 8.70. The molecule has 2 N–H and O–H groups in total. The van der Waals surface area contributed by atoms with Crippen LogP contribution in [0.2, 0.25) is 0 Å². The molecule has 0 aliphatic heterocycles. The molecule has 0 aliphatic carbocycles. The Balaban J connectivity index is 1.87. The van der Waals surface area contributed by atoms with Gasteiger partial charge in [-0.3, -0.25) is 10.1 Å². The van der Waals surface area contributed by atoms with Crippen molar-refractivity contribution in [3.05, 3.63) is 59.3 Å². The predicted octanol–water partition coefficient (Wildman–Crippen LogP) is 2.68. The second-order valence-electron chi connectivity index (χ2n) is 6.14. The molecular formula is C19H18N6O3. The van der Waals surface area contributed by atoms with Gasteiger partial charge in [0.25, 0.3) is 5.56 Å². The number of aromatic nitrogens is 5. The van der Waals surface area contributed by atoms with E-state index in [9.17, 15) is 9.59 Å². The first kappa shape index (κ1) is 17.5. The third kappa shape index (κ3) is 3.25. The lowest BCUT2D eigenvalue weighted by Crippen LogP contribution is -2.14. The van der Waals surface area contributed by atoms with E-state index in [2.05, 4.69) is 20.4 Å². The number of benzene rings is 1. The van der Waals surface area contributed by atoms with E-state index in [0.29, 0.717) is 16.7 Å². The molecule has 28 heavy (non-hydrogen) atoms.